The van der Waals surface area contributed by atoms with E-state index in [4.69, 9.17) is 34.9 Å². The molecule has 0 aliphatic rings. The maximum Gasteiger partial charge on any atom is 0.165 e. The highest BCUT2D eigenvalue weighted by Gasteiger charge is 2.25. The first-order chi connectivity index (χ1) is 31.2. The molecule has 13 rings (SSSR count). The zero-order valence-electron chi connectivity index (χ0n) is 33.4. The van der Waals surface area contributed by atoms with Crippen LogP contribution in [0.4, 0.5) is 0 Å². The van der Waals surface area contributed by atoms with Crippen molar-refractivity contribution in [2.24, 2.45) is 0 Å². The molecule has 0 unspecified atom stereocenters. The monoisotopic (exact) mass is 808 g/mol. The molecule has 7 aromatic heterocycles. The number of pyridine rings is 4. The SMILES string of the molecule is c1cnc2c(-n3c(-c4cc(-c5nc6ccccc6n5-c5cccc6cccnc56)cc(-c5nc6cccnc6n5-c5cccc6cccnc56)c4)nc4ccccc43)cccc2c1. The van der Waals surface area contributed by atoms with Crippen molar-refractivity contribution in [2.75, 3.05) is 0 Å². The molecule has 63 heavy (non-hydrogen) atoms. The molecule has 6 aromatic carbocycles. The Hall–Kier alpha value is -8.89. The molecule has 0 aliphatic heterocycles. The first kappa shape index (κ1) is 34.9. The molecule has 7 heterocycles. The van der Waals surface area contributed by atoms with E-state index in [1.165, 1.54) is 0 Å². The predicted molar refractivity (Wildman–Crippen MR) is 250 cm³/mol. The molecule has 0 radical (unpaired) electrons. The minimum Gasteiger partial charge on any atom is -0.290 e. The van der Waals surface area contributed by atoms with E-state index in [0.29, 0.717) is 5.82 Å². The van der Waals surface area contributed by atoms with Gasteiger partial charge in [0.15, 0.2) is 5.65 Å². The summed E-state index contributed by atoms with van der Waals surface area (Å²) in [5.74, 6) is 2.20. The number of fused-ring (bicyclic) bond motifs is 6. The fourth-order valence-corrected chi connectivity index (χ4v) is 9.08. The molecule has 13 aromatic rings. The lowest BCUT2D eigenvalue weighted by Crippen LogP contribution is -2.04. The van der Waals surface area contributed by atoms with Gasteiger partial charge < -0.3 is 0 Å². The van der Waals surface area contributed by atoms with Crippen molar-refractivity contribution in [1.29, 1.82) is 0 Å². The Kier molecular flexibility index (Phi) is 7.67. The van der Waals surface area contributed by atoms with Crippen LogP contribution < -0.4 is 0 Å². The van der Waals surface area contributed by atoms with Gasteiger partial charge in [0, 0.05) is 57.6 Å². The number of hydrogen-bond acceptors (Lipinski definition) is 7. The highest BCUT2D eigenvalue weighted by atomic mass is 15.1. The Morgan fingerprint density at radius 1 is 0.302 bits per heavy atom. The third-order valence-electron chi connectivity index (χ3n) is 11.8. The van der Waals surface area contributed by atoms with Crippen molar-refractivity contribution in [3.05, 3.63) is 195 Å². The van der Waals surface area contributed by atoms with Gasteiger partial charge in [-0.3, -0.25) is 28.7 Å². The summed E-state index contributed by atoms with van der Waals surface area (Å²) < 4.78 is 6.58. The molecule has 0 fully saturated rings. The van der Waals surface area contributed by atoms with Crippen molar-refractivity contribution >= 4 is 65.9 Å². The Bertz CT molecular complexity index is 3520. The molecule has 0 saturated carbocycles. The highest BCUT2D eigenvalue weighted by Crippen LogP contribution is 2.40. The molecule has 0 N–H and O–H groups in total. The molecule has 0 atom stereocenters. The van der Waals surface area contributed by atoms with Crippen LogP contribution in [0, 0.1) is 0 Å². The molecule has 0 saturated heterocycles. The van der Waals surface area contributed by atoms with Crippen LogP contribution in [-0.2, 0) is 0 Å². The first-order valence-corrected chi connectivity index (χ1v) is 20.7. The molecule has 294 valence electrons. The smallest absolute Gasteiger partial charge is 0.165 e. The summed E-state index contributed by atoms with van der Waals surface area (Å²) in [4.78, 5) is 35.8. The number of benzene rings is 6. The molecule has 0 amide bonds. The lowest BCUT2D eigenvalue weighted by molar-refractivity contribution is 1.08. The second-order valence-corrected chi connectivity index (χ2v) is 15.5. The summed E-state index contributed by atoms with van der Waals surface area (Å²) in [6.45, 7) is 0. The van der Waals surface area contributed by atoms with E-state index in [1.807, 2.05) is 67.3 Å². The Morgan fingerprint density at radius 2 is 0.667 bits per heavy atom. The highest BCUT2D eigenvalue weighted by molar-refractivity contribution is 5.96. The third-order valence-corrected chi connectivity index (χ3v) is 11.8. The van der Waals surface area contributed by atoms with E-state index in [1.54, 1.807) is 0 Å². The van der Waals surface area contributed by atoms with Gasteiger partial charge in [0.2, 0.25) is 0 Å². The molecular weight excluding hydrogens is 777 g/mol. The summed E-state index contributed by atoms with van der Waals surface area (Å²) in [5, 5.41) is 3.09. The first-order valence-electron chi connectivity index (χ1n) is 20.7. The van der Waals surface area contributed by atoms with Gasteiger partial charge >= 0.3 is 0 Å². The lowest BCUT2D eigenvalue weighted by Gasteiger charge is -2.16. The van der Waals surface area contributed by atoms with Gasteiger partial charge in [0.25, 0.3) is 0 Å². The van der Waals surface area contributed by atoms with Crippen LogP contribution in [0.2, 0.25) is 0 Å². The minimum absolute atomic E-state index is 0.703. The van der Waals surface area contributed by atoms with Gasteiger partial charge in [-0.1, -0.05) is 78.9 Å². The quantitative estimate of drug-likeness (QED) is 0.165. The Morgan fingerprint density at radius 3 is 1.16 bits per heavy atom. The van der Waals surface area contributed by atoms with Gasteiger partial charge in [-0.25, -0.2) is 19.9 Å². The molecule has 0 aliphatic carbocycles. The van der Waals surface area contributed by atoms with E-state index in [0.717, 1.165) is 111 Å². The molecule has 0 spiro atoms. The third kappa shape index (κ3) is 5.48. The Balaban J connectivity index is 1.16. The van der Waals surface area contributed by atoms with Crippen molar-refractivity contribution in [3.63, 3.8) is 0 Å². The van der Waals surface area contributed by atoms with Crippen LogP contribution in [0.15, 0.2) is 195 Å². The van der Waals surface area contributed by atoms with E-state index in [2.05, 4.69) is 141 Å². The predicted octanol–water partition coefficient (Wildman–Crippen LogP) is 11.7. The Labute approximate surface area is 359 Å². The van der Waals surface area contributed by atoms with Gasteiger partial charge in [-0.15, -0.1) is 0 Å². The van der Waals surface area contributed by atoms with Crippen LogP contribution in [-0.4, -0.2) is 48.6 Å². The standard InChI is InChI=1S/C53H32N10/c1-3-21-42-39(18-1)58-50(61(42)44-23-5-12-33-15-8-26-54-47(33)44)36-30-37(51-59-40-19-2-4-22-43(40)62(51)45-24-6-13-34-16-9-27-55-48(34)45)32-38(31-36)52-60-41-20-11-29-57-53(41)63(52)46-25-7-14-35-17-10-28-56-49(35)46/h1-32H. The van der Waals surface area contributed by atoms with Crippen LogP contribution >= 0.6 is 0 Å². The topological polar surface area (TPSA) is 105 Å². The van der Waals surface area contributed by atoms with Crippen molar-refractivity contribution < 1.29 is 0 Å². The maximum absolute atomic E-state index is 5.41. The largest absolute Gasteiger partial charge is 0.290 e. The number of para-hydroxylation sites is 7. The van der Waals surface area contributed by atoms with Crippen LogP contribution in [0.25, 0.3) is 117 Å². The van der Waals surface area contributed by atoms with Gasteiger partial charge in [-0.05, 0) is 91.0 Å². The van der Waals surface area contributed by atoms with Crippen molar-refractivity contribution in [3.8, 4) is 51.2 Å². The summed E-state index contributed by atoms with van der Waals surface area (Å²) >= 11 is 0. The second kappa shape index (κ2) is 13.8. The van der Waals surface area contributed by atoms with Gasteiger partial charge in [-0.2, -0.15) is 0 Å². The molecule has 10 heteroatoms. The summed E-state index contributed by atoms with van der Waals surface area (Å²) in [5.41, 5.74) is 13.0. The van der Waals surface area contributed by atoms with E-state index in [9.17, 15) is 0 Å². The normalized spacial score (nSPS) is 11.8. The summed E-state index contributed by atoms with van der Waals surface area (Å²) in [6, 6.07) is 58.0. The van der Waals surface area contributed by atoms with Crippen LogP contribution in [0.5, 0.6) is 0 Å². The van der Waals surface area contributed by atoms with Crippen LogP contribution in [0.1, 0.15) is 0 Å². The number of hydrogen-bond donors (Lipinski definition) is 0. The van der Waals surface area contributed by atoms with Crippen molar-refractivity contribution in [1.82, 2.24) is 48.6 Å². The lowest BCUT2D eigenvalue weighted by atomic mass is 10.0. The number of aromatic nitrogens is 10. The van der Waals surface area contributed by atoms with Crippen molar-refractivity contribution in [2.45, 2.75) is 0 Å². The zero-order chi connectivity index (χ0) is 41.4. The van der Waals surface area contributed by atoms with Gasteiger partial charge in [0.1, 0.15) is 23.0 Å². The maximum atomic E-state index is 5.41. The number of imidazole rings is 3. The minimum atomic E-state index is 0.703. The zero-order valence-corrected chi connectivity index (χ0v) is 33.4. The second-order valence-electron chi connectivity index (χ2n) is 15.5. The average Bonchev–Trinajstić information content (AvgIpc) is 4.06. The molecular formula is C53H32N10. The van der Waals surface area contributed by atoms with E-state index in [-0.39, 0.29) is 0 Å². The van der Waals surface area contributed by atoms with Gasteiger partial charge in [0.05, 0.1) is 55.7 Å². The summed E-state index contributed by atoms with van der Waals surface area (Å²) in [6.07, 6.45) is 7.33. The number of rotatable bonds is 6. The molecule has 10 nitrogen and oxygen atoms in total. The summed E-state index contributed by atoms with van der Waals surface area (Å²) in [7, 11) is 0. The van der Waals surface area contributed by atoms with E-state index < -0.39 is 0 Å². The number of nitrogens with zero attached hydrogens (tertiary/aromatic N) is 10. The fraction of sp³-hybridized carbons (Fsp3) is 0. The average molecular weight is 809 g/mol. The van der Waals surface area contributed by atoms with Crippen LogP contribution in [0.3, 0.4) is 0 Å². The fourth-order valence-electron chi connectivity index (χ4n) is 9.08. The van der Waals surface area contributed by atoms with E-state index >= 15 is 0 Å². The molecule has 0 bridgehead atoms.